The SMILES string of the molecule is C.C.C=C(C)C1CCC(C)C(C(C)C)C1.CC1CCC(C(C)C)C(C(C)C)C1. The van der Waals surface area contributed by atoms with Gasteiger partial charge in [-0.3, -0.25) is 0 Å². The number of allylic oxidation sites excluding steroid dienone is 1. The van der Waals surface area contributed by atoms with Crippen LogP contribution in [0, 0.1) is 53.3 Å². The molecule has 6 unspecified atom stereocenters. The number of rotatable bonds is 4. The van der Waals surface area contributed by atoms with E-state index in [2.05, 4.69) is 68.9 Å². The number of hydrogen-bond acceptors (Lipinski definition) is 0. The lowest BCUT2D eigenvalue weighted by Crippen LogP contribution is -2.30. The Hall–Kier alpha value is -0.260. The van der Waals surface area contributed by atoms with Crippen molar-refractivity contribution < 1.29 is 0 Å². The van der Waals surface area contributed by atoms with E-state index in [1.54, 1.807) is 0 Å². The third-order valence-corrected chi connectivity index (χ3v) is 7.74. The summed E-state index contributed by atoms with van der Waals surface area (Å²) in [7, 11) is 0. The molecular formula is C28H58. The molecule has 0 radical (unpaired) electrons. The van der Waals surface area contributed by atoms with Crippen molar-refractivity contribution in [3.05, 3.63) is 12.2 Å². The normalized spacial score (nSPS) is 32.9. The average Bonchev–Trinajstić information content (AvgIpc) is 2.54. The van der Waals surface area contributed by atoms with Crippen molar-refractivity contribution in [3.8, 4) is 0 Å². The first kappa shape index (κ1) is 29.9. The molecule has 2 saturated carbocycles. The van der Waals surface area contributed by atoms with Crippen LogP contribution < -0.4 is 0 Å². The third-order valence-electron chi connectivity index (χ3n) is 7.74. The maximum Gasteiger partial charge on any atom is -0.0206 e. The second kappa shape index (κ2) is 13.9. The molecule has 2 aliphatic carbocycles. The molecule has 0 aromatic heterocycles. The Morgan fingerprint density at radius 1 is 0.679 bits per heavy atom. The highest BCUT2D eigenvalue weighted by Crippen LogP contribution is 2.42. The lowest BCUT2D eigenvalue weighted by Gasteiger charge is -2.39. The van der Waals surface area contributed by atoms with E-state index < -0.39 is 0 Å². The molecule has 170 valence electrons. The Morgan fingerprint density at radius 2 is 1.18 bits per heavy atom. The minimum absolute atomic E-state index is 0. The van der Waals surface area contributed by atoms with Gasteiger partial charge in [-0.2, -0.15) is 0 Å². The Morgan fingerprint density at radius 3 is 1.61 bits per heavy atom. The van der Waals surface area contributed by atoms with Gasteiger partial charge in [-0.1, -0.05) is 88.8 Å². The molecule has 0 N–H and O–H groups in total. The minimum Gasteiger partial charge on any atom is -0.0999 e. The summed E-state index contributed by atoms with van der Waals surface area (Å²) < 4.78 is 0. The van der Waals surface area contributed by atoms with E-state index >= 15 is 0 Å². The molecule has 0 bridgehead atoms. The van der Waals surface area contributed by atoms with Gasteiger partial charge in [0.2, 0.25) is 0 Å². The smallest absolute Gasteiger partial charge is 0.0206 e. The summed E-state index contributed by atoms with van der Waals surface area (Å²) in [6.07, 6.45) is 8.57. The second-order valence-corrected chi connectivity index (χ2v) is 11.0. The molecule has 2 fully saturated rings. The van der Waals surface area contributed by atoms with E-state index in [0.29, 0.717) is 0 Å². The summed E-state index contributed by atoms with van der Waals surface area (Å²) in [5, 5.41) is 0. The van der Waals surface area contributed by atoms with E-state index in [1.165, 1.54) is 44.1 Å². The van der Waals surface area contributed by atoms with Crippen LogP contribution in [0.3, 0.4) is 0 Å². The monoisotopic (exact) mass is 394 g/mol. The van der Waals surface area contributed by atoms with Gasteiger partial charge in [-0.25, -0.2) is 0 Å². The topological polar surface area (TPSA) is 0 Å². The molecule has 0 aliphatic heterocycles. The van der Waals surface area contributed by atoms with Crippen LogP contribution in [0.1, 0.15) is 116 Å². The molecule has 2 aliphatic rings. The summed E-state index contributed by atoms with van der Waals surface area (Å²) in [4.78, 5) is 0. The molecule has 0 saturated heterocycles. The fourth-order valence-electron chi connectivity index (χ4n) is 5.78. The average molecular weight is 395 g/mol. The Kier molecular flexibility index (Phi) is 14.8. The van der Waals surface area contributed by atoms with Crippen molar-refractivity contribution in [1.82, 2.24) is 0 Å². The third kappa shape index (κ3) is 9.04. The summed E-state index contributed by atoms with van der Waals surface area (Å²) in [5.74, 6) is 8.24. The minimum atomic E-state index is 0. The van der Waals surface area contributed by atoms with Gasteiger partial charge in [0, 0.05) is 0 Å². The van der Waals surface area contributed by atoms with Crippen molar-refractivity contribution in [2.24, 2.45) is 53.3 Å². The zero-order valence-corrected chi connectivity index (χ0v) is 19.6. The Labute approximate surface area is 181 Å². The van der Waals surface area contributed by atoms with E-state index in [-0.39, 0.29) is 14.9 Å². The van der Waals surface area contributed by atoms with Gasteiger partial charge in [0.25, 0.3) is 0 Å². The van der Waals surface area contributed by atoms with Crippen LogP contribution >= 0.6 is 0 Å². The molecule has 0 amide bonds. The Balaban J connectivity index is 0. The zero-order chi connectivity index (χ0) is 20.0. The van der Waals surface area contributed by atoms with E-state index in [0.717, 1.165) is 53.3 Å². The highest BCUT2D eigenvalue weighted by molar-refractivity contribution is 4.99. The molecule has 28 heavy (non-hydrogen) atoms. The van der Waals surface area contributed by atoms with Crippen LogP contribution in [0.4, 0.5) is 0 Å². The molecule has 0 aromatic rings. The summed E-state index contributed by atoms with van der Waals surface area (Å²) in [6, 6.07) is 0. The van der Waals surface area contributed by atoms with Crippen LogP contribution in [-0.2, 0) is 0 Å². The van der Waals surface area contributed by atoms with E-state index in [9.17, 15) is 0 Å². The van der Waals surface area contributed by atoms with Gasteiger partial charge in [0.1, 0.15) is 0 Å². The zero-order valence-electron chi connectivity index (χ0n) is 19.6. The van der Waals surface area contributed by atoms with Gasteiger partial charge in [-0.15, -0.1) is 0 Å². The summed E-state index contributed by atoms with van der Waals surface area (Å²) in [6.45, 7) is 25.5. The lowest BCUT2D eigenvalue weighted by molar-refractivity contribution is 0.106. The van der Waals surface area contributed by atoms with Crippen molar-refractivity contribution in [1.29, 1.82) is 0 Å². The fraction of sp³-hybridized carbons (Fsp3) is 0.929. The van der Waals surface area contributed by atoms with Crippen LogP contribution in [0.2, 0.25) is 0 Å². The van der Waals surface area contributed by atoms with Crippen LogP contribution in [0.5, 0.6) is 0 Å². The molecule has 2 rings (SSSR count). The standard InChI is InChI=1S/C13H24.C13H26.2CH4/c1-9(2)12-7-6-11(5)13(8-12)10(3)4;1-9(2)12-7-6-11(5)8-13(12)10(3)4;;/h10-13H,1,6-8H2,2-5H3;9-13H,6-8H2,1-5H3;2*1H4. The first-order valence-corrected chi connectivity index (χ1v) is 11.7. The molecule has 0 aromatic carbocycles. The van der Waals surface area contributed by atoms with Gasteiger partial charge in [0.05, 0.1) is 0 Å². The van der Waals surface area contributed by atoms with E-state index in [4.69, 9.17) is 0 Å². The predicted octanol–water partition coefficient (Wildman–Crippen LogP) is 9.89. The maximum absolute atomic E-state index is 4.10. The summed E-state index contributed by atoms with van der Waals surface area (Å²) >= 11 is 0. The number of hydrogen-bond donors (Lipinski definition) is 0. The lowest BCUT2D eigenvalue weighted by atomic mass is 9.66. The largest absolute Gasteiger partial charge is 0.0999 e. The van der Waals surface area contributed by atoms with Gasteiger partial charge in [-0.05, 0) is 92.3 Å². The molecule has 0 nitrogen and oxygen atoms in total. The van der Waals surface area contributed by atoms with Crippen molar-refractivity contribution in [2.45, 2.75) is 116 Å². The molecule has 0 heteroatoms. The van der Waals surface area contributed by atoms with Crippen molar-refractivity contribution in [2.75, 3.05) is 0 Å². The fourth-order valence-corrected chi connectivity index (χ4v) is 5.78. The predicted molar refractivity (Wildman–Crippen MR) is 133 cm³/mol. The molecule has 0 heterocycles. The highest BCUT2D eigenvalue weighted by atomic mass is 14.4. The highest BCUT2D eigenvalue weighted by Gasteiger charge is 2.32. The molecule has 0 spiro atoms. The van der Waals surface area contributed by atoms with Crippen LogP contribution in [0.25, 0.3) is 0 Å². The molecular weight excluding hydrogens is 336 g/mol. The quantitative estimate of drug-likeness (QED) is 0.416. The molecule has 6 atom stereocenters. The van der Waals surface area contributed by atoms with Gasteiger partial charge < -0.3 is 0 Å². The van der Waals surface area contributed by atoms with Crippen molar-refractivity contribution >= 4 is 0 Å². The summed E-state index contributed by atoms with van der Waals surface area (Å²) in [5.41, 5.74) is 1.40. The van der Waals surface area contributed by atoms with Gasteiger partial charge >= 0.3 is 0 Å². The van der Waals surface area contributed by atoms with E-state index in [1.807, 2.05) is 0 Å². The van der Waals surface area contributed by atoms with Crippen molar-refractivity contribution in [3.63, 3.8) is 0 Å². The first-order chi connectivity index (χ1) is 12.0. The maximum atomic E-state index is 4.10. The first-order valence-electron chi connectivity index (χ1n) is 11.7. The van der Waals surface area contributed by atoms with Crippen LogP contribution in [-0.4, -0.2) is 0 Å². The Bertz CT molecular complexity index is 402. The van der Waals surface area contributed by atoms with Gasteiger partial charge in [0.15, 0.2) is 0 Å². The second-order valence-electron chi connectivity index (χ2n) is 11.0. The van der Waals surface area contributed by atoms with Crippen LogP contribution in [0.15, 0.2) is 12.2 Å².